The van der Waals surface area contributed by atoms with Crippen LogP contribution in [0.5, 0.6) is 0 Å². The van der Waals surface area contributed by atoms with Crippen molar-refractivity contribution in [3.8, 4) is 0 Å². The summed E-state index contributed by atoms with van der Waals surface area (Å²) in [7, 11) is 0. The Morgan fingerprint density at radius 1 is 1.35 bits per heavy atom. The fourth-order valence-corrected chi connectivity index (χ4v) is 2.42. The number of amides is 1. The Kier molecular flexibility index (Phi) is 4.17. The molecule has 1 fully saturated rings. The highest BCUT2D eigenvalue weighted by Crippen LogP contribution is 2.29. The molecule has 4 nitrogen and oxygen atoms in total. The van der Waals surface area contributed by atoms with E-state index in [9.17, 15) is 14.7 Å². The third kappa shape index (κ3) is 3.45. The average Bonchev–Trinajstić information content (AvgIpc) is 2.14. The monoisotopic (exact) mass is 241 g/mol. The minimum atomic E-state index is -1.01. The van der Waals surface area contributed by atoms with Crippen molar-refractivity contribution in [2.75, 3.05) is 13.1 Å². The second-order valence-electron chi connectivity index (χ2n) is 6.17. The van der Waals surface area contributed by atoms with E-state index in [-0.39, 0.29) is 5.91 Å². The molecule has 1 heterocycles. The first-order chi connectivity index (χ1) is 7.73. The molecule has 98 valence electrons. The van der Waals surface area contributed by atoms with E-state index in [1.54, 1.807) is 25.7 Å². The number of hydrogen-bond acceptors (Lipinski definition) is 2. The first kappa shape index (κ1) is 14.0. The second kappa shape index (κ2) is 5.07. The molecule has 0 spiro atoms. The Bertz CT molecular complexity index is 306. The molecule has 1 rings (SSSR count). The van der Waals surface area contributed by atoms with E-state index in [4.69, 9.17) is 0 Å². The number of carboxylic acids is 1. The normalized spacial score (nSPS) is 23.3. The van der Waals surface area contributed by atoms with E-state index in [1.165, 1.54) is 0 Å². The smallest absolute Gasteiger partial charge is 0.316 e. The molecule has 2 atom stereocenters. The van der Waals surface area contributed by atoms with Crippen molar-refractivity contribution >= 4 is 11.9 Å². The number of nitrogens with zero attached hydrogens (tertiary/aromatic N) is 1. The van der Waals surface area contributed by atoms with Crippen LogP contribution in [0.1, 0.15) is 40.5 Å². The second-order valence-corrected chi connectivity index (χ2v) is 6.17. The average molecular weight is 241 g/mol. The van der Waals surface area contributed by atoms with Gasteiger partial charge < -0.3 is 10.0 Å². The summed E-state index contributed by atoms with van der Waals surface area (Å²) in [5.41, 5.74) is -0.538. The maximum atomic E-state index is 12.3. The SMILES string of the molecule is CC1CCCN(C(=O)C(C(=O)O)C(C)(C)C)C1. The molecule has 0 aromatic heterocycles. The minimum Gasteiger partial charge on any atom is -0.481 e. The molecule has 1 aliphatic rings. The molecule has 1 aliphatic heterocycles. The summed E-state index contributed by atoms with van der Waals surface area (Å²) < 4.78 is 0. The van der Waals surface area contributed by atoms with Gasteiger partial charge in [-0.05, 0) is 24.2 Å². The summed E-state index contributed by atoms with van der Waals surface area (Å²) in [6.45, 7) is 8.90. The molecular weight excluding hydrogens is 218 g/mol. The lowest BCUT2D eigenvalue weighted by Crippen LogP contribution is -2.48. The largest absolute Gasteiger partial charge is 0.481 e. The van der Waals surface area contributed by atoms with Gasteiger partial charge in [0.1, 0.15) is 5.92 Å². The van der Waals surface area contributed by atoms with Crippen molar-refractivity contribution in [1.82, 2.24) is 4.90 Å². The topological polar surface area (TPSA) is 57.6 Å². The summed E-state index contributed by atoms with van der Waals surface area (Å²) in [5.74, 6) is -1.70. The predicted molar refractivity (Wildman–Crippen MR) is 65.6 cm³/mol. The maximum absolute atomic E-state index is 12.3. The van der Waals surface area contributed by atoms with Crippen molar-refractivity contribution in [3.05, 3.63) is 0 Å². The van der Waals surface area contributed by atoms with E-state index < -0.39 is 17.3 Å². The summed E-state index contributed by atoms with van der Waals surface area (Å²) >= 11 is 0. The van der Waals surface area contributed by atoms with E-state index in [0.29, 0.717) is 19.0 Å². The highest BCUT2D eigenvalue weighted by Gasteiger charge is 2.40. The number of piperidine rings is 1. The number of carbonyl (C=O) groups excluding carboxylic acids is 1. The van der Waals surface area contributed by atoms with Crippen LogP contribution in [-0.2, 0) is 9.59 Å². The first-order valence-electron chi connectivity index (χ1n) is 6.25. The van der Waals surface area contributed by atoms with Gasteiger partial charge in [-0.1, -0.05) is 27.7 Å². The molecule has 0 aromatic rings. The Balaban J connectivity index is 2.81. The fourth-order valence-electron chi connectivity index (χ4n) is 2.42. The lowest BCUT2D eigenvalue weighted by molar-refractivity contribution is -0.157. The fraction of sp³-hybridized carbons (Fsp3) is 0.846. The van der Waals surface area contributed by atoms with Crippen molar-refractivity contribution in [2.45, 2.75) is 40.5 Å². The molecule has 17 heavy (non-hydrogen) atoms. The molecule has 0 radical (unpaired) electrons. The van der Waals surface area contributed by atoms with Gasteiger partial charge in [0.2, 0.25) is 5.91 Å². The Labute approximate surface area is 103 Å². The summed E-state index contributed by atoms with van der Waals surface area (Å²) in [4.78, 5) is 25.3. The molecule has 0 aromatic carbocycles. The Hall–Kier alpha value is -1.06. The lowest BCUT2D eigenvalue weighted by Gasteiger charge is -2.36. The molecule has 1 N–H and O–H groups in total. The third-order valence-corrected chi connectivity index (χ3v) is 3.33. The van der Waals surface area contributed by atoms with Crippen LogP contribution in [0.2, 0.25) is 0 Å². The highest BCUT2D eigenvalue weighted by molar-refractivity contribution is 5.97. The number of hydrogen-bond donors (Lipinski definition) is 1. The van der Waals surface area contributed by atoms with Gasteiger partial charge in [0.25, 0.3) is 0 Å². The third-order valence-electron chi connectivity index (χ3n) is 3.33. The van der Waals surface area contributed by atoms with Gasteiger partial charge in [-0.25, -0.2) is 0 Å². The van der Waals surface area contributed by atoms with Crippen molar-refractivity contribution in [3.63, 3.8) is 0 Å². The van der Waals surface area contributed by atoms with Gasteiger partial charge in [-0.2, -0.15) is 0 Å². The molecule has 0 aliphatic carbocycles. The molecule has 0 saturated carbocycles. The number of carbonyl (C=O) groups is 2. The van der Waals surface area contributed by atoms with Crippen molar-refractivity contribution in [1.29, 1.82) is 0 Å². The van der Waals surface area contributed by atoms with Crippen LogP contribution in [0.15, 0.2) is 0 Å². The van der Waals surface area contributed by atoms with Gasteiger partial charge in [0, 0.05) is 13.1 Å². The van der Waals surface area contributed by atoms with Gasteiger partial charge in [0.15, 0.2) is 0 Å². The summed E-state index contributed by atoms with van der Waals surface area (Å²) in [5, 5.41) is 9.23. The molecular formula is C13H23NO3. The minimum absolute atomic E-state index is 0.225. The van der Waals surface area contributed by atoms with E-state index in [0.717, 1.165) is 12.8 Å². The molecule has 4 heteroatoms. The van der Waals surface area contributed by atoms with Gasteiger partial charge in [0.05, 0.1) is 0 Å². The predicted octanol–water partition coefficient (Wildman–Crippen LogP) is 1.99. The van der Waals surface area contributed by atoms with Crippen LogP contribution in [0.4, 0.5) is 0 Å². The molecule has 1 amide bonds. The zero-order valence-electron chi connectivity index (χ0n) is 11.2. The molecule has 0 bridgehead atoms. The van der Waals surface area contributed by atoms with Crippen LogP contribution >= 0.6 is 0 Å². The van der Waals surface area contributed by atoms with Crippen LogP contribution in [-0.4, -0.2) is 35.0 Å². The van der Waals surface area contributed by atoms with Crippen LogP contribution < -0.4 is 0 Å². The van der Waals surface area contributed by atoms with Gasteiger partial charge in [-0.15, -0.1) is 0 Å². The number of likely N-dealkylation sites (tertiary alicyclic amines) is 1. The Morgan fingerprint density at radius 2 is 1.94 bits per heavy atom. The van der Waals surface area contributed by atoms with Gasteiger partial charge in [-0.3, -0.25) is 9.59 Å². The van der Waals surface area contributed by atoms with E-state index in [2.05, 4.69) is 6.92 Å². The van der Waals surface area contributed by atoms with Crippen LogP contribution in [0, 0.1) is 17.3 Å². The van der Waals surface area contributed by atoms with Gasteiger partial charge >= 0.3 is 5.97 Å². The first-order valence-corrected chi connectivity index (χ1v) is 6.25. The summed E-state index contributed by atoms with van der Waals surface area (Å²) in [6, 6.07) is 0. The van der Waals surface area contributed by atoms with Crippen LogP contribution in [0.3, 0.4) is 0 Å². The van der Waals surface area contributed by atoms with E-state index >= 15 is 0 Å². The Morgan fingerprint density at radius 3 is 2.35 bits per heavy atom. The lowest BCUT2D eigenvalue weighted by atomic mass is 9.79. The molecule has 1 saturated heterocycles. The maximum Gasteiger partial charge on any atom is 0.316 e. The summed E-state index contributed by atoms with van der Waals surface area (Å²) in [6.07, 6.45) is 2.10. The van der Waals surface area contributed by atoms with Crippen molar-refractivity contribution in [2.24, 2.45) is 17.3 Å². The zero-order valence-corrected chi connectivity index (χ0v) is 11.2. The van der Waals surface area contributed by atoms with Crippen LogP contribution in [0.25, 0.3) is 0 Å². The zero-order chi connectivity index (χ0) is 13.2. The number of aliphatic carboxylic acids is 1. The number of rotatable bonds is 2. The quantitative estimate of drug-likeness (QED) is 0.752. The standard InChI is InChI=1S/C13H23NO3/c1-9-6-5-7-14(8-9)11(15)10(12(16)17)13(2,3)4/h9-10H,5-8H2,1-4H3,(H,16,17). The molecule has 2 unspecified atom stereocenters. The van der Waals surface area contributed by atoms with Crippen molar-refractivity contribution < 1.29 is 14.7 Å². The number of carboxylic acid groups (broad SMARTS) is 1. The van der Waals surface area contributed by atoms with E-state index in [1.807, 2.05) is 0 Å². The highest BCUT2D eigenvalue weighted by atomic mass is 16.4.